The molecule has 2 fully saturated rings. The molecule has 2 aromatic heterocycles. The number of amides is 1. The number of carbonyl (C=O) groups is 1. The summed E-state index contributed by atoms with van der Waals surface area (Å²) < 4.78 is 63.1. The van der Waals surface area contributed by atoms with Crippen LogP contribution in [0.4, 0.5) is 10.2 Å². The van der Waals surface area contributed by atoms with Gasteiger partial charge in [-0.25, -0.2) is 19.3 Å². The number of hydrogen-bond acceptors (Lipinski definition) is 17. The van der Waals surface area contributed by atoms with E-state index in [9.17, 15) is 43.4 Å². The predicted molar refractivity (Wildman–Crippen MR) is 141 cm³/mol. The van der Waals surface area contributed by atoms with E-state index in [1.165, 1.54) is 16.1 Å². The maximum Gasteiger partial charge on any atom is 0.340 e. The van der Waals surface area contributed by atoms with E-state index in [1.807, 2.05) is 0 Å². The number of fused-ring (bicyclic) bond motifs is 1. The number of hydrogen-bond donors (Lipinski definition) is 8. The molecule has 3 aliphatic heterocycles. The number of nitrogens with two attached hydrogens (primary N) is 2. The van der Waals surface area contributed by atoms with E-state index >= 15 is 0 Å². The number of aliphatic hydroxyl groups excluding tert-OH is 3. The van der Waals surface area contributed by atoms with Crippen molar-refractivity contribution in [2.24, 2.45) is 5.73 Å². The van der Waals surface area contributed by atoms with Gasteiger partial charge in [-0.1, -0.05) is 0 Å². The highest BCUT2D eigenvalue weighted by molar-refractivity contribution is 8.00. The fourth-order valence-corrected chi connectivity index (χ4v) is 8.44. The highest BCUT2D eigenvalue weighted by atomic mass is 32.2. The van der Waals surface area contributed by atoms with Crippen LogP contribution < -0.4 is 16.9 Å². The number of primary amides is 1. The number of hydrazine groups is 1. The van der Waals surface area contributed by atoms with Crippen molar-refractivity contribution in [3.05, 3.63) is 23.8 Å². The van der Waals surface area contributed by atoms with Gasteiger partial charge in [0.1, 0.15) is 48.1 Å². The minimum absolute atomic E-state index is 0.00315. The molecule has 20 nitrogen and oxygen atoms in total. The van der Waals surface area contributed by atoms with Crippen LogP contribution in [0.3, 0.4) is 0 Å². The zero-order valence-corrected chi connectivity index (χ0v) is 24.2. The molecule has 0 aromatic carbocycles. The van der Waals surface area contributed by atoms with Gasteiger partial charge >= 0.3 is 15.2 Å². The molecule has 5 heterocycles. The van der Waals surface area contributed by atoms with Crippen molar-refractivity contribution in [1.82, 2.24) is 29.4 Å². The Morgan fingerprint density at radius 2 is 1.67 bits per heavy atom. The van der Waals surface area contributed by atoms with Crippen LogP contribution in [0.2, 0.25) is 0 Å². The molecular weight excluding hydrogens is 645 g/mol. The minimum atomic E-state index is -4.91. The summed E-state index contributed by atoms with van der Waals surface area (Å²) in [4.78, 5) is 43.4. The molecule has 0 radical (unpaired) electrons. The number of aliphatic hydroxyl groups is 3. The van der Waals surface area contributed by atoms with Crippen molar-refractivity contribution < 1.29 is 61.9 Å². The Hall–Kier alpha value is -2.30. The van der Waals surface area contributed by atoms with E-state index in [2.05, 4.69) is 20.4 Å². The number of nitrogens with zero attached hydrogens (tertiary/aromatic N) is 5. The van der Waals surface area contributed by atoms with Crippen molar-refractivity contribution in [3.8, 4) is 0 Å². The largest absolute Gasteiger partial charge is 0.387 e. The number of nitrogen functional groups attached to an aromatic ring is 1. The average Bonchev–Trinajstić information content (AvgIpc) is 3.70. The van der Waals surface area contributed by atoms with Gasteiger partial charge in [-0.3, -0.25) is 18.5 Å². The lowest BCUT2D eigenvalue weighted by Crippen LogP contribution is -2.46. The molecule has 6 unspecified atom stereocenters. The van der Waals surface area contributed by atoms with Gasteiger partial charge in [0, 0.05) is 5.41 Å². The van der Waals surface area contributed by atoms with E-state index in [0.29, 0.717) is 0 Å². The molecule has 0 bridgehead atoms. The standard InChI is InChI=1S/C19H27FN8O12P2S/c20-10-12(29)8(39-18(10)27-5-25-11-15(21)23-4-24-17(11)27)1-37-41(33,34)6-42(35,36)38-2-9-13(30)14(31)19(40-9)28-26-7(3-43-28)16(22)32/h3-5,8-10,12-14,18-19,26,29-31H,1-2,6H2,(H2,22,32)(H,33,34)(H,35,36)(H2,21,23,24)/t8?,9-,10?,12?,13-,14-,18?,19-/m1/s1. The van der Waals surface area contributed by atoms with Crippen LogP contribution in [0.5, 0.6) is 0 Å². The fraction of sp³-hybridized carbons (Fsp3) is 0.579. The normalized spacial score (nSPS) is 34.1. The van der Waals surface area contributed by atoms with Crippen molar-refractivity contribution in [2.45, 2.75) is 49.1 Å². The number of ether oxygens (including phenoxy) is 2. The monoisotopic (exact) mass is 672 g/mol. The van der Waals surface area contributed by atoms with E-state index < -0.39 is 89.4 Å². The van der Waals surface area contributed by atoms with E-state index in [0.717, 1.165) is 22.8 Å². The Morgan fingerprint density at radius 3 is 2.30 bits per heavy atom. The molecule has 24 heteroatoms. The molecule has 10 atom stereocenters. The zero-order chi connectivity index (χ0) is 31.3. The van der Waals surface area contributed by atoms with Crippen LogP contribution in [0.1, 0.15) is 6.23 Å². The average molecular weight is 672 g/mol. The molecule has 1 amide bonds. The summed E-state index contributed by atoms with van der Waals surface area (Å²) in [7, 11) is -9.79. The van der Waals surface area contributed by atoms with E-state index in [-0.39, 0.29) is 22.7 Å². The number of nitrogens with one attached hydrogen (secondary N) is 1. The number of aromatic nitrogens is 4. The van der Waals surface area contributed by atoms with Gasteiger partial charge in [-0.2, -0.15) is 0 Å². The Balaban J connectivity index is 1.13. The van der Waals surface area contributed by atoms with Crippen LogP contribution in [-0.2, 0) is 32.4 Å². The highest BCUT2D eigenvalue weighted by Crippen LogP contribution is 2.58. The van der Waals surface area contributed by atoms with E-state index in [4.69, 9.17) is 30.0 Å². The van der Waals surface area contributed by atoms with Gasteiger partial charge in [-0.05, 0) is 11.9 Å². The van der Waals surface area contributed by atoms with Gasteiger partial charge in [-0.15, -0.1) is 4.41 Å². The molecule has 3 aliphatic rings. The molecule has 5 rings (SSSR count). The van der Waals surface area contributed by atoms with Crippen LogP contribution >= 0.6 is 27.1 Å². The summed E-state index contributed by atoms with van der Waals surface area (Å²) in [5, 5.41) is 32.2. The van der Waals surface area contributed by atoms with Crippen molar-refractivity contribution in [3.63, 3.8) is 0 Å². The molecule has 10 N–H and O–H groups in total. The van der Waals surface area contributed by atoms with Crippen LogP contribution in [0.15, 0.2) is 23.8 Å². The second-order valence-corrected chi connectivity index (χ2v) is 14.6. The lowest BCUT2D eigenvalue weighted by atomic mass is 10.1. The number of imidazole rings is 1. The fourth-order valence-electron chi connectivity index (χ4n) is 4.39. The van der Waals surface area contributed by atoms with Crippen molar-refractivity contribution in [2.75, 3.05) is 24.9 Å². The molecule has 2 saturated heterocycles. The number of alkyl halides is 1. The highest BCUT2D eigenvalue weighted by Gasteiger charge is 2.49. The summed E-state index contributed by atoms with van der Waals surface area (Å²) in [5.41, 5.74) is 13.7. The summed E-state index contributed by atoms with van der Waals surface area (Å²) in [6, 6.07) is 0. The Kier molecular flexibility index (Phi) is 9.14. The Bertz CT molecular complexity index is 1500. The van der Waals surface area contributed by atoms with Gasteiger partial charge in [0.05, 0.1) is 19.5 Å². The third kappa shape index (κ3) is 6.71. The van der Waals surface area contributed by atoms with Gasteiger partial charge < -0.3 is 60.5 Å². The lowest BCUT2D eigenvalue weighted by molar-refractivity contribution is -0.116. The SMILES string of the molecule is NC(=O)C1=CSN([C@@H]2O[C@H](COP(=O)(O)CP(=O)(O)OCC3OC(n4cnc5c(N)ncnc54)C(F)C3O)[C@@H](O)[C@H]2O)N1. The molecule has 238 valence electrons. The van der Waals surface area contributed by atoms with Crippen LogP contribution in [0, 0.1) is 0 Å². The van der Waals surface area contributed by atoms with Gasteiger partial charge in [0.2, 0.25) is 0 Å². The predicted octanol–water partition coefficient (Wildman–Crippen LogP) is -2.39. The van der Waals surface area contributed by atoms with E-state index in [1.54, 1.807) is 0 Å². The number of halogens is 1. The van der Waals surface area contributed by atoms with Gasteiger partial charge in [0.15, 0.2) is 36.0 Å². The van der Waals surface area contributed by atoms with Gasteiger partial charge in [0.25, 0.3) is 5.91 Å². The lowest BCUT2D eigenvalue weighted by Gasteiger charge is -2.25. The molecule has 0 saturated carbocycles. The first-order valence-corrected chi connectivity index (χ1v) is 16.6. The quantitative estimate of drug-likeness (QED) is 0.0912. The Morgan fingerprint density at radius 1 is 1.05 bits per heavy atom. The second kappa shape index (κ2) is 12.2. The number of carbonyl (C=O) groups excluding carboxylic acids is 1. The first kappa shape index (κ1) is 32.1. The summed E-state index contributed by atoms with van der Waals surface area (Å²) >= 11 is 0.897. The summed E-state index contributed by atoms with van der Waals surface area (Å²) in [6.45, 7) is -1.64. The summed E-state index contributed by atoms with van der Waals surface area (Å²) in [6.07, 6.45) is -10.3. The third-order valence-corrected chi connectivity index (χ3v) is 11.4. The molecule has 43 heavy (non-hydrogen) atoms. The first-order chi connectivity index (χ1) is 20.2. The maximum atomic E-state index is 14.9. The smallest absolute Gasteiger partial charge is 0.340 e. The molecule has 0 aliphatic carbocycles. The Labute approximate surface area is 244 Å². The number of anilines is 1. The van der Waals surface area contributed by atoms with Crippen LogP contribution in [0.25, 0.3) is 11.2 Å². The van der Waals surface area contributed by atoms with Crippen molar-refractivity contribution in [1.29, 1.82) is 0 Å². The molecule has 2 aromatic rings. The molecule has 0 spiro atoms. The maximum absolute atomic E-state index is 14.9. The third-order valence-electron chi connectivity index (χ3n) is 6.54. The second-order valence-electron chi connectivity index (χ2n) is 9.58. The van der Waals surface area contributed by atoms with Crippen LogP contribution in [-0.4, -0.2) is 117 Å². The molecular formula is C19H27FN8O12P2S. The summed E-state index contributed by atoms with van der Waals surface area (Å²) in [5.74, 6) is -2.18. The topological polar surface area (TPSA) is 300 Å². The zero-order valence-electron chi connectivity index (χ0n) is 21.6. The van der Waals surface area contributed by atoms with Crippen molar-refractivity contribution >= 4 is 50.0 Å². The minimum Gasteiger partial charge on any atom is -0.387 e. The first-order valence-electron chi connectivity index (χ1n) is 12.2. The number of rotatable bonds is 11.